The molecule has 0 radical (unpaired) electrons. The molecule has 2 aromatic rings. The van der Waals surface area contributed by atoms with E-state index >= 15 is 0 Å². The topological polar surface area (TPSA) is 70.2 Å². The van der Waals surface area contributed by atoms with Crippen LogP contribution >= 0.6 is 0 Å². The fourth-order valence-corrected chi connectivity index (χ4v) is 2.21. The maximum Gasteiger partial charge on any atom is 0.253 e. The highest BCUT2D eigenvalue weighted by Gasteiger charge is 2.12. The van der Waals surface area contributed by atoms with E-state index in [0.29, 0.717) is 11.3 Å². The van der Waals surface area contributed by atoms with Crippen LogP contribution in [0, 0.1) is 6.92 Å². The normalized spacial score (nSPS) is 10.3. The van der Waals surface area contributed by atoms with E-state index in [9.17, 15) is 9.59 Å². The molecule has 0 aliphatic heterocycles. The Morgan fingerprint density at radius 3 is 2.33 bits per heavy atom. The number of hydrogen-bond donors (Lipinski definition) is 3. The summed E-state index contributed by atoms with van der Waals surface area (Å²) in [6.45, 7) is 5.73. The summed E-state index contributed by atoms with van der Waals surface area (Å²) in [5.74, 6) is -0.494. The third kappa shape index (κ3) is 5.12. The van der Waals surface area contributed by atoms with Gasteiger partial charge in [-0.2, -0.15) is 0 Å². The second kappa shape index (κ2) is 8.15. The van der Waals surface area contributed by atoms with Crippen molar-refractivity contribution < 1.29 is 9.59 Å². The standard InChI is InChI=1S/C19H23N3O2/c1-13(2)21-18(23)12-20-19(24)16-6-4-5-7-17(16)22-15-10-8-14(3)9-11-15/h4-11,13,22H,12H2,1-3H3,(H,20,24)(H,21,23). The summed E-state index contributed by atoms with van der Waals surface area (Å²) in [7, 11) is 0. The fraction of sp³-hybridized carbons (Fsp3) is 0.263. The molecule has 0 heterocycles. The van der Waals surface area contributed by atoms with Crippen molar-refractivity contribution in [3.63, 3.8) is 0 Å². The van der Waals surface area contributed by atoms with Gasteiger partial charge in [0, 0.05) is 11.7 Å². The lowest BCUT2D eigenvalue weighted by molar-refractivity contribution is -0.120. The number of carbonyl (C=O) groups is 2. The van der Waals surface area contributed by atoms with E-state index in [2.05, 4.69) is 16.0 Å². The zero-order valence-electron chi connectivity index (χ0n) is 14.2. The first-order chi connectivity index (χ1) is 11.5. The number of carbonyl (C=O) groups excluding carboxylic acids is 2. The van der Waals surface area contributed by atoms with E-state index in [0.717, 1.165) is 5.69 Å². The molecule has 5 heteroatoms. The molecule has 0 fully saturated rings. The summed E-state index contributed by atoms with van der Waals surface area (Å²) < 4.78 is 0. The van der Waals surface area contributed by atoms with Gasteiger partial charge in [-0.25, -0.2) is 0 Å². The van der Waals surface area contributed by atoms with Crippen LogP contribution in [0.3, 0.4) is 0 Å². The minimum Gasteiger partial charge on any atom is -0.355 e. The molecule has 2 aromatic carbocycles. The summed E-state index contributed by atoms with van der Waals surface area (Å²) >= 11 is 0. The summed E-state index contributed by atoms with van der Waals surface area (Å²) in [6.07, 6.45) is 0. The maximum absolute atomic E-state index is 12.4. The van der Waals surface area contributed by atoms with Gasteiger partial charge < -0.3 is 16.0 Å². The fourth-order valence-electron chi connectivity index (χ4n) is 2.21. The van der Waals surface area contributed by atoms with Crippen LogP contribution in [0.2, 0.25) is 0 Å². The van der Waals surface area contributed by atoms with Crippen LogP contribution in [0.15, 0.2) is 48.5 Å². The van der Waals surface area contributed by atoms with Crippen molar-refractivity contribution in [2.24, 2.45) is 0 Å². The Labute approximate surface area is 142 Å². The molecule has 0 atom stereocenters. The largest absolute Gasteiger partial charge is 0.355 e. The lowest BCUT2D eigenvalue weighted by Gasteiger charge is -2.13. The van der Waals surface area contributed by atoms with E-state index in [1.807, 2.05) is 57.2 Å². The molecule has 0 saturated heterocycles. The highest BCUT2D eigenvalue weighted by molar-refractivity contribution is 6.01. The van der Waals surface area contributed by atoms with Crippen LogP contribution in [-0.2, 0) is 4.79 Å². The average Bonchev–Trinajstić information content (AvgIpc) is 2.54. The van der Waals surface area contributed by atoms with Crippen molar-refractivity contribution >= 4 is 23.2 Å². The molecule has 0 spiro atoms. The van der Waals surface area contributed by atoms with E-state index in [-0.39, 0.29) is 24.4 Å². The predicted molar refractivity (Wildman–Crippen MR) is 96.5 cm³/mol. The molecule has 2 rings (SSSR count). The molecule has 0 aliphatic rings. The molecule has 0 unspecified atom stereocenters. The number of amides is 2. The monoisotopic (exact) mass is 325 g/mol. The third-order valence-electron chi connectivity index (χ3n) is 3.36. The first-order valence-electron chi connectivity index (χ1n) is 7.96. The Morgan fingerprint density at radius 1 is 1.00 bits per heavy atom. The molecular formula is C19H23N3O2. The van der Waals surface area contributed by atoms with Gasteiger partial charge in [-0.1, -0.05) is 29.8 Å². The summed E-state index contributed by atoms with van der Waals surface area (Å²) in [4.78, 5) is 24.0. The molecule has 5 nitrogen and oxygen atoms in total. The van der Waals surface area contributed by atoms with Crippen LogP contribution in [0.4, 0.5) is 11.4 Å². The van der Waals surface area contributed by atoms with Gasteiger partial charge in [0.25, 0.3) is 5.91 Å². The van der Waals surface area contributed by atoms with Crippen LogP contribution in [0.25, 0.3) is 0 Å². The molecule has 3 N–H and O–H groups in total. The summed E-state index contributed by atoms with van der Waals surface area (Å²) in [5.41, 5.74) is 3.26. The quantitative estimate of drug-likeness (QED) is 0.764. The highest BCUT2D eigenvalue weighted by Crippen LogP contribution is 2.21. The minimum atomic E-state index is -0.288. The lowest BCUT2D eigenvalue weighted by atomic mass is 10.1. The molecule has 2 amide bonds. The van der Waals surface area contributed by atoms with Crippen LogP contribution in [-0.4, -0.2) is 24.4 Å². The van der Waals surface area contributed by atoms with Crippen molar-refractivity contribution in [2.45, 2.75) is 26.8 Å². The molecular weight excluding hydrogens is 302 g/mol. The molecule has 0 aromatic heterocycles. The van der Waals surface area contributed by atoms with Crippen molar-refractivity contribution in [3.05, 3.63) is 59.7 Å². The highest BCUT2D eigenvalue weighted by atomic mass is 16.2. The Bertz CT molecular complexity index is 709. The third-order valence-corrected chi connectivity index (χ3v) is 3.36. The Balaban J connectivity index is 2.06. The number of nitrogens with one attached hydrogen (secondary N) is 3. The first kappa shape index (κ1) is 17.5. The molecule has 0 bridgehead atoms. The maximum atomic E-state index is 12.4. The summed E-state index contributed by atoms with van der Waals surface area (Å²) in [5, 5.41) is 8.63. The molecule has 24 heavy (non-hydrogen) atoms. The second-order valence-electron chi connectivity index (χ2n) is 5.94. The predicted octanol–water partition coefficient (Wildman–Crippen LogP) is 2.99. The molecule has 126 valence electrons. The zero-order chi connectivity index (χ0) is 17.5. The Hall–Kier alpha value is -2.82. The van der Waals surface area contributed by atoms with E-state index in [1.165, 1.54) is 5.56 Å². The van der Waals surface area contributed by atoms with Gasteiger partial charge in [0.05, 0.1) is 17.8 Å². The van der Waals surface area contributed by atoms with Gasteiger partial charge in [0.1, 0.15) is 0 Å². The van der Waals surface area contributed by atoms with Crippen LogP contribution < -0.4 is 16.0 Å². The molecule has 0 saturated carbocycles. The van der Waals surface area contributed by atoms with Crippen LogP contribution in [0.5, 0.6) is 0 Å². The van der Waals surface area contributed by atoms with Crippen molar-refractivity contribution in [2.75, 3.05) is 11.9 Å². The second-order valence-corrected chi connectivity index (χ2v) is 5.94. The van der Waals surface area contributed by atoms with Crippen molar-refractivity contribution in [1.82, 2.24) is 10.6 Å². The van der Waals surface area contributed by atoms with E-state index in [1.54, 1.807) is 12.1 Å². The van der Waals surface area contributed by atoms with Crippen molar-refractivity contribution in [1.29, 1.82) is 0 Å². The Morgan fingerprint density at radius 2 is 1.67 bits per heavy atom. The average molecular weight is 325 g/mol. The van der Waals surface area contributed by atoms with Gasteiger partial charge in [0.2, 0.25) is 5.91 Å². The zero-order valence-corrected chi connectivity index (χ0v) is 14.2. The van der Waals surface area contributed by atoms with E-state index < -0.39 is 0 Å². The van der Waals surface area contributed by atoms with Gasteiger partial charge in [-0.15, -0.1) is 0 Å². The first-order valence-corrected chi connectivity index (χ1v) is 7.96. The van der Waals surface area contributed by atoms with Gasteiger partial charge in [-0.05, 0) is 45.0 Å². The van der Waals surface area contributed by atoms with Crippen LogP contribution in [0.1, 0.15) is 29.8 Å². The van der Waals surface area contributed by atoms with Gasteiger partial charge in [0.15, 0.2) is 0 Å². The number of benzene rings is 2. The smallest absolute Gasteiger partial charge is 0.253 e. The lowest BCUT2D eigenvalue weighted by Crippen LogP contribution is -2.39. The van der Waals surface area contributed by atoms with Crippen molar-refractivity contribution in [3.8, 4) is 0 Å². The molecule has 0 aliphatic carbocycles. The van der Waals surface area contributed by atoms with E-state index in [4.69, 9.17) is 0 Å². The SMILES string of the molecule is Cc1ccc(Nc2ccccc2C(=O)NCC(=O)NC(C)C)cc1. The summed E-state index contributed by atoms with van der Waals surface area (Å²) in [6, 6.07) is 15.2. The number of anilines is 2. The number of rotatable bonds is 6. The van der Waals surface area contributed by atoms with Gasteiger partial charge >= 0.3 is 0 Å². The Kier molecular flexibility index (Phi) is 5.95. The van der Waals surface area contributed by atoms with Gasteiger partial charge in [-0.3, -0.25) is 9.59 Å². The number of aryl methyl sites for hydroxylation is 1. The minimum absolute atomic E-state index is 0.0458. The number of hydrogen-bond acceptors (Lipinski definition) is 3. The number of para-hydroxylation sites is 1.